The Morgan fingerprint density at radius 1 is 1.29 bits per heavy atom. The molecule has 112 valence electrons. The second kappa shape index (κ2) is 6.77. The molecule has 1 heterocycles. The molecule has 21 heavy (non-hydrogen) atoms. The molecule has 0 atom stereocenters. The first-order valence-corrected chi connectivity index (χ1v) is 6.31. The topological polar surface area (TPSA) is 47.3 Å². The summed E-state index contributed by atoms with van der Waals surface area (Å²) in [7, 11) is 0.912. The molecule has 2 aromatic rings. The van der Waals surface area contributed by atoms with E-state index in [-0.39, 0.29) is 22.3 Å². The highest BCUT2D eigenvalue weighted by Gasteiger charge is 2.19. The van der Waals surface area contributed by atoms with Crippen LogP contribution in [0.25, 0.3) is 11.1 Å². The van der Waals surface area contributed by atoms with Crippen molar-refractivity contribution >= 4 is 12.9 Å². The molecule has 0 amide bonds. The first kappa shape index (κ1) is 15.6. The Morgan fingerprint density at radius 2 is 2.05 bits per heavy atom. The first-order chi connectivity index (χ1) is 10.1. The molecule has 0 aliphatic carbocycles. The Balaban J connectivity index is 2.46. The number of benzene rings is 1. The summed E-state index contributed by atoms with van der Waals surface area (Å²) in [5.74, 6) is -2.26. The van der Waals surface area contributed by atoms with Gasteiger partial charge in [0.15, 0.2) is 11.6 Å². The van der Waals surface area contributed by atoms with Gasteiger partial charge in [0.05, 0.1) is 13.2 Å². The molecule has 4 nitrogen and oxygen atoms in total. The molecule has 0 saturated heterocycles. The number of rotatable bonds is 6. The first-order valence-electron chi connectivity index (χ1n) is 6.31. The van der Waals surface area contributed by atoms with Crippen molar-refractivity contribution in [1.29, 1.82) is 0 Å². The summed E-state index contributed by atoms with van der Waals surface area (Å²) >= 11 is 0. The molecule has 1 N–H and O–H groups in total. The maximum absolute atomic E-state index is 14.0. The predicted octanol–water partition coefficient (Wildman–Crippen LogP) is 0.913. The lowest BCUT2D eigenvalue weighted by atomic mass is 9.86. The highest BCUT2D eigenvalue weighted by Crippen LogP contribution is 2.27. The van der Waals surface area contributed by atoms with Crippen LogP contribution >= 0.6 is 0 Å². The molecule has 0 fully saturated rings. The van der Waals surface area contributed by atoms with Gasteiger partial charge in [0, 0.05) is 24.4 Å². The number of aromatic nitrogens is 2. The largest absolute Gasteiger partial charge is 0.449 e. The van der Waals surface area contributed by atoms with E-state index in [1.807, 2.05) is 0 Å². The van der Waals surface area contributed by atoms with Gasteiger partial charge in [-0.25, -0.2) is 13.2 Å². The van der Waals surface area contributed by atoms with Crippen molar-refractivity contribution in [1.82, 2.24) is 9.78 Å². The fraction of sp³-hybridized carbons (Fsp3) is 0.308. The third-order valence-corrected chi connectivity index (χ3v) is 3.11. The van der Waals surface area contributed by atoms with Crippen LogP contribution in [0.3, 0.4) is 0 Å². The summed E-state index contributed by atoms with van der Waals surface area (Å²) in [6.45, 7) is -0.145. The Labute approximate surface area is 120 Å². The highest BCUT2D eigenvalue weighted by molar-refractivity contribution is 6.45. The number of hydrogen-bond acceptors (Lipinski definition) is 3. The van der Waals surface area contributed by atoms with Crippen molar-refractivity contribution < 1.29 is 22.9 Å². The van der Waals surface area contributed by atoms with Crippen molar-refractivity contribution in [2.75, 3.05) is 13.7 Å². The Morgan fingerprint density at radius 3 is 2.67 bits per heavy atom. The number of methoxy groups -OCH3 is 1. The summed E-state index contributed by atoms with van der Waals surface area (Å²) in [4.78, 5) is 0. The van der Waals surface area contributed by atoms with E-state index < -0.39 is 25.8 Å². The van der Waals surface area contributed by atoms with Crippen LogP contribution in [0.5, 0.6) is 0 Å². The van der Waals surface area contributed by atoms with Crippen LogP contribution < -0.4 is 5.46 Å². The standard InChI is InChI=1S/C13H14BF3N2O2/c1-21-5-4-19-7-9(11(6-15)18-19)8-2-3-10(14-20)13(17)12(8)16/h2-3,7,14,20H,4-6H2,1H3. The number of nitrogens with zero attached hydrogens (tertiary/aromatic N) is 2. The SMILES string of the molecule is COCCn1cc(-c2ccc(BO)c(F)c2F)c(CF)n1. The van der Waals surface area contributed by atoms with Gasteiger partial charge in [-0.1, -0.05) is 12.1 Å². The van der Waals surface area contributed by atoms with Gasteiger partial charge in [0.1, 0.15) is 12.4 Å². The normalized spacial score (nSPS) is 10.9. The van der Waals surface area contributed by atoms with Crippen molar-refractivity contribution in [2.24, 2.45) is 0 Å². The van der Waals surface area contributed by atoms with E-state index in [0.29, 0.717) is 13.2 Å². The van der Waals surface area contributed by atoms with Crippen LogP contribution in [-0.2, 0) is 18.0 Å². The van der Waals surface area contributed by atoms with Gasteiger partial charge in [-0.05, 0) is 5.46 Å². The zero-order chi connectivity index (χ0) is 15.4. The molecule has 0 radical (unpaired) electrons. The van der Waals surface area contributed by atoms with E-state index in [2.05, 4.69) is 5.10 Å². The van der Waals surface area contributed by atoms with Crippen LogP contribution in [0, 0.1) is 11.6 Å². The van der Waals surface area contributed by atoms with Gasteiger partial charge < -0.3 is 9.76 Å². The fourth-order valence-electron chi connectivity index (χ4n) is 2.00. The van der Waals surface area contributed by atoms with Crippen molar-refractivity contribution in [3.63, 3.8) is 0 Å². The van der Waals surface area contributed by atoms with Crippen molar-refractivity contribution in [3.8, 4) is 11.1 Å². The summed E-state index contributed by atoms with van der Waals surface area (Å²) in [6.07, 6.45) is 1.45. The molecule has 0 bridgehead atoms. The maximum Gasteiger partial charge on any atom is 0.307 e. The van der Waals surface area contributed by atoms with Crippen molar-refractivity contribution in [2.45, 2.75) is 13.2 Å². The molecule has 1 aromatic carbocycles. The minimum atomic E-state index is -1.13. The van der Waals surface area contributed by atoms with Gasteiger partial charge in [0.2, 0.25) is 0 Å². The van der Waals surface area contributed by atoms with Gasteiger partial charge in [-0.15, -0.1) is 0 Å². The van der Waals surface area contributed by atoms with E-state index in [1.165, 1.54) is 30.1 Å². The third kappa shape index (κ3) is 3.11. The van der Waals surface area contributed by atoms with Crippen LogP contribution in [0.2, 0.25) is 0 Å². The molecule has 1 aromatic heterocycles. The molecule has 0 aliphatic rings. The van der Waals surface area contributed by atoms with Crippen LogP contribution in [0.1, 0.15) is 5.69 Å². The van der Waals surface area contributed by atoms with Gasteiger partial charge in [-0.3, -0.25) is 4.68 Å². The smallest absolute Gasteiger partial charge is 0.307 e. The fourth-order valence-corrected chi connectivity index (χ4v) is 2.00. The zero-order valence-corrected chi connectivity index (χ0v) is 11.4. The van der Waals surface area contributed by atoms with E-state index in [0.717, 1.165) is 0 Å². The summed E-state index contributed by atoms with van der Waals surface area (Å²) in [5, 5.41) is 12.9. The lowest BCUT2D eigenvalue weighted by Gasteiger charge is -2.06. The lowest BCUT2D eigenvalue weighted by Crippen LogP contribution is -2.19. The number of halogens is 3. The van der Waals surface area contributed by atoms with Crippen LogP contribution in [0.15, 0.2) is 18.3 Å². The minimum Gasteiger partial charge on any atom is -0.449 e. The van der Waals surface area contributed by atoms with E-state index in [4.69, 9.17) is 9.76 Å². The van der Waals surface area contributed by atoms with E-state index in [1.54, 1.807) is 0 Å². The third-order valence-electron chi connectivity index (χ3n) is 3.11. The lowest BCUT2D eigenvalue weighted by molar-refractivity contribution is 0.183. The average molecular weight is 298 g/mol. The van der Waals surface area contributed by atoms with Gasteiger partial charge in [-0.2, -0.15) is 5.10 Å². The summed E-state index contributed by atoms with van der Waals surface area (Å²) < 4.78 is 47.1. The molecular weight excluding hydrogens is 284 g/mol. The zero-order valence-electron chi connectivity index (χ0n) is 11.4. The van der Waals surface area contributed by atoms with Gasteiger partial charge >= 0.3 is 7.48 Å². The average Bonchev–Trinajstić information content (AvgIpc) is 2.91. The van der Waals surface area contributed by atoms with Crippen molar-refractivity contribution in [3.05, 3.63) is 35.7 Å². The van der Waals surface area contributed by atoms with Gasteiger partial charge in [0.25, 0.3) is 0 Å². The molecular formula is C13H14BF3N2O2. The molecule has 0 aliphatic heterocycles. The van der Waals surface area contributed by atoms with E-state index in [9.17, 15) is 13.2 Å². The van der Waals surface area contributed by atoms with Crippen LogP contribution in [0.4, 0.5) is 13.2 Å². The second-order valence-electron chi connectivity index (χ2n) is 4.44. The monoisotopic (exact) mass is 298 g/mol. The predicted molar refractivity (Wildman–Crippen MR) is 73.3 cm³/mol. The van der Waals surface area contributed by atoms with E-state index >= 15 is 0 Å². The Kier molecular flexibility index (Phi) is 5.03. The summed E-state index contributed by atoms with van der Waals surface area (Å²) in [5.41, 5.74) is -0.0125. The van der Waals surface area contributed by atoms with Crippen LogP contribution in [-0.4, -0.2) is 36.0 Å². The molecule has 0 spiro atoms. The maximum atomic E-state index is 14.0. The molecule has 8 heteroatoms. The Hall–Kier alpha value is -1.80. The number of alkyl halides is 1. The number of ether oxygens (including phenoxy) is 1. The summed E-state index contributed by atoms with van der Waals surface area (Å²) in [6, 6.07) is 2.57. The Bertz CT molecular complexity index is 634. The minimum absolute atomic E-state index is 0.0288. The highest BCUT2D eigenvalue weighted by atomic mass is 19.2. The quantitative estimate of drug-likeness (QED) is 0.807. The second-order valence-corrected chi connectivity index (χ2v) is 4.44. The molecule has 0 saturated carbocycles. The number of hydrogen-bond donors (Lipinski definition) is 1. The molecule has 0 unspecified atom stereocenters. The molecule has 2 rings (SSSR count).